The largest absolute Gasteiger partial charge is 0.355 e. The van der Waals surface area contributed by atoms with Crippen LogP contribution in [0.25, 0.3) is 0 Å². The highest BCUT2D eigenvalue weighted by Gasteiger charge is 2.40. The molecular formula is C17H24N2O. The van der Waals surface area contributed by atoms with E-state index in [9.17, 15) is 4.79 Å². The molecule has 1 aliphatic heterocycles. The Kier molecular flexibility index (Phi) is 3.79. The SMILES string of the molecule is CC(=O)NCCN1CCC2(CCc3ccccc32)CC1. The fourth-order valence-corrected chi connectivity index (χ4v) is 3.88. The topological polar surface area (TPSA) is 32.3 Å². The van der Waals surface area contributed by atoms with Crippen LogP contribution in [-0.2, 0) is 16.6 Å². The molecule has 1 aromatic carbocycles. The van der Waals surface area contributed by atoms with Crippen LogP contribution in [0.15, 0.2) is 24.3 Å². The Labute approximate surface area is 121 Å². The quantitative estimate of drug-likeness (QED) is 0.914. The summed E-state index contributed by atoms with van der Waals surface area (Å²) in [7, 11) is 0. The van der Waals surface area contributed by atoms with Crippen LogP contribution in [0.2, 0.25) is 0 Å². The molecule has 1 aromatic rings. The van der Waals surface area contributed by atoms with Gasteiger partial charge in [0.15, 0.2) is 0 Å². The number of benzene rings is 1. The number of fused-ring (bicyclic) bond motifs is 2. The first kappa shape index (κ1) is 13.6. The number of carbonyl (C=O) groups excluding carboxylic acids is 1. The van der Waals surface area contributed by atoms with E-state index >= 15 is 0 Å². The second kappa shape index (κ2) is 5.57. The molecule has 1 N–H and O–H groups in total. The molecule has 0 bridgehead atoms. The minimum atomic E-state index is 0.0724. The number of nitrogens with zero attached hydrogens (tertiary/aromatic N) is 1. The molecular weight excluding hydrogens is 248 g/mol. The molecule has 2 aliphatic rings. The van der Waals surface area contributed by atoms with E-state index in [0.29, 0.717) is 5.41 Å². The van der Waals surface area contributed by atoms with E-state index in [1.807, 2.05) is 0 Å². The summed E-state index contributed by atoms with van der Waals surface area (Å²) in [6.45, 7) is 5.67. The molecule has 0 atom stereocenters. The van der Waals surface area contributed by atoms with Crippen LogP contribution in [0.3, 0.4) is 0 Å². The number of aryl methyl sites for hydroxylation is 1. The molecule has 0 unspecified atom stereocenters. The lowest BCUT2D eigenvalue weighted by atomic mass is 9.74. The monoisotopic (exact) mass is 272 g/mol. The van der Waals surface area contributed by atoms with E-state index in [1.165, 1.54) is 25.7 Å². The lowest BCUT2D eigenvalue weighted by Gasteiger charge is -2.40. The van der Waals surface area contributed by atoms with Crippen molar-refractivity contribution < 1.29 is 4.79 Å². The minimum absolute atomic E-state index is 0.0724. The Bertz CT molecular complexity index is 490. The van der Waals surface area contributed by atoms with E-state index < -0.39 is 0 Å². The Morgan fingerprint density at radius 1 is 1.25 bits per heavy atom. The van der Waals surface area contributed by atoms with Gasteiger partial charge in [0.2, 0.25) is 5.91 Å². The van der Waals surface area contributed by atoms with E-state index in [0.717, 1.165) is 26.2 Å². The summed E-state index contributed by atoms with van der Waals surface area (Å²) in [5.41, 5.74) is 3.63. The van der Waals surface area contributed by atoms with Gasteiger partial charge >= 0.3 is 0 Å². The van der Waals surface area contributed by atoms with Gasteiger partial charge in [-0.15, -0.1) is 0 Å². The van der Waals surface area contributed by atoms with Crippen LogP contribution >= 0.6 is 0 Å². The third-order valence-electron chi connectivity index (χ3n) is 5.08. The highest BCUT2D eigenvalue weighted by Crippen LogP contribution is 2.45. The van der Waals surface area contributed by atoms with Crippen LogP contribution in [0, 0.1) is 0 Å². The molecule has 1 spiro atoms. The van der Waals surface area contributed by atoms with Gasteiger partial charge in [0, 0.05) is 20.0 Å². The van der Waals surface area contributed by atoms with E-state index in [-0.39, 0.29) is 5.91 Å². The van der Waals surface area contributed by atoms with Crippen molar-refractivity contribution in [1.29, 1.82) is 0 Å². The summed E-state index contributed by atoms with van der Waals surface area (Å²) < 4.78 is 0. The second-order valence-electron chi connectivity index (χ2n) is 6.26. The van der Waals surface area contributed by atoms with Crippen LogP contribution in [0.4, 0.5) is 0 Å². The van der Waals surface area contributed by atoms with Gasteiger partial charge in [-0.1, -0.05) is 24.3 Å². The Balaban J connectivity index is 1.58. The van der Waals surface area contributed by atoms with Gasteiger partial charge in [-0.05, 0) is 55.3 Å². The van der Waals surface area contributed by atoms with Gasteiger partial charge in [0.05, 0.1) is 0 Å². The number of carbonyl (C=O) groups is 1. The number of hydrogen-bond donors (Lipinski definition) is 1. The third kappa shape index (κ3) is 2.59. The number of amides is 1. The molecule has 0 saturated carbocycles. The number of piperidine rings is 1. The van der Waals surface area contributed by atoms with Gasteiger partial charge in [-0.2, -0.15) is 0 Å². The van der Waals surface area contributed by atoms with Crippen molar-refractivity contribution in [1.82, 2.24) is 10.2 Å². The van der Waals surface area contributed by atoms with Crippen molar-refractivity contribution >= 4 is 5.91 Å². The predicted molar refractivity (Wildman–Crippen MR) is 80.8 cm³/mol. The first-order valence-corrected chi connectivity index (χ1v) is 7.75. The Hall–Kier alpha value is -1.35. The minimum Gasteiger partial charge on any atom is -0.355 e. The zero-order valence-corrected chi connectivity index (χ0v) is 12.3. The van der Waals surface area contributed by atoms with Crippen molar-refractivity contribution in [2.45, 2.75) is 38.0 Å². The van der Waals surface area contributed by atoms with Gasteiger partial charge in [-0.25, -0.2) is 0 Å². The molecule has 1 amide bonds. The van der Waals surface area contributed by atoms with Gasteiger partial charge < -0.3 is 10.2 Å². The molecule has 3 nitrogen and oxygen atoms in total. The highest BCUT2D eigenvalue weighted by atomic mass is 16.1. The molecule has 1 heterocycles. The number of hydrogen-bond acceptors (Lipinski definition) is 2. The third-order valence-corrected chi connectivity index (χ3v) is 5.08. The summed E-state index contributed by atoms with van der Waals surface area (Å²) in [5.74, 6) is 0.0724. The van der Waals surface area contributed by atoms with Crippen molar-refractivity contribution in [2.24, 2.45) is 0 Å². The van der Waals surface area contributed by atoms with Crippen LogP contribution in [0.1, 0.15) is 37.3 Å². The van der Waals surface area contributed by atoms with Crippen molar-refractivity contribution in [3.8, 4) is 0 Å². The molecule has 3 rings (SSSR count). The summed E-state index contributed by atoms with van der Waals surface area (Å²) in [6.07, 6.45) is 5.11. The summed E-state index contributed by atoms with van der Waals surface area (Å²) >= 11 is 0. The molecule has 0 aromatic heterocycles. The maximum Gasteiger partial charge on any atom is 0.216 e. The zero-order chi connectivity index (χ0) is 14.0. The second-order valence-corrected chi connectivity index (χ2v) is 6.26. The summed E-state index contributed by atoms with van der Waals surface area (Å²) in [4.78, 5) is 13.4. The fourth-order valence-electron chi connectivity index (χ4n) is 3.88. The maximum atomic E-state index is 10.9. The number of nitrogens with one attached hydrogen (secondary N) is 1. The van der Waals surface area contributed by atoms with E-state index in [2.05, 4.69) is 34.5 Å². The summed E-state index contributed by atoms with van der Waals surface area (Å²) in [5, 5.41) is 2.89. The van der Waals surface area contributed by atoms with E-state index in [1.54, 1.807) is 18.1 Å². The number of rotatable bonds is 3. The molecule has 20 heavy (non-hydrogen) atoms. The lowest BCUT2D eigenvalue weighted by Crippen LogP contribution is -2.44. The first-order chi connectivity index (χ1) is 9.70. The van der Waals surface area contributed by atoms with Crippen molar-refractivity contribution in [3.05, 3.63) is 35.4 Å². The predicted octanol–water partition coefficient (Wildman–Crippen LogP) is 2.10. The van der Waals surface area contributed by atoms with Gasteiger partial charge in [-0.3, -0.25) is 4.79 Å². The molecule has 1 aliphatic carbocycles. The zero-order valence-electron chi connectivity index (χ0n) is 12.3. The number of likely N-dealkylation sites (tertiary alicyclic amines) is 1. The molecule has 0 radical (unpaired) electrons. The lowest BCUT2D eigenvalue weighted by molar-refractivity contribution is -0.119. The fraction of sp³-hybridized carbons (Fsp3) is 0.588. The first-order valence-electron chi connectivity index (χ1n) is 7.75. The van der Waals surface area contributed by atoms with Gasteiger partial charge in [0.1, 0.15) is 0 Å². The molecule has 1 fully saturated rings. The molecule has 1 saturated heterocycles. The Morgan fingerprint density at radius 2 is 2.00 bits per heavy atom. The van der Waals surface area contributed by atoms with Crippen LogP contribution in [-0.4, -0.2) is 37.0 Å². The molecule has 3 heteroatoms. The highest BCUT2D eigenvalue weighted by molar-refractivity contribution is 5.72. The van der Waals surface area contributed by atoms with Gasteiger partial charge in [0.25, 0.3) is 0 Å². The Morgan fingerprint density at radius 3 is 2.75 bits per heavy atom. The maximum absolute atomic E-state index is 10.9. The normalized spacial score (nSPS) is 20.9. The average Bonchev–Trinajstić information content (AvgIpc) is 2.81. The van der Waals surface area contributed by atoms with Crippen LogP contribution < -0.4 is 5.32 Å². The van der Waals surface area contributed by atoms with Crippen molar-refractivity contribution in [2.75, 3.05) is 26.2 Å². The summed E-state index contributed by atoms with van der Waals surface area (Å²) in [6, 6.07) is 9.00. The van der Waals surface area contributed by atoms with Crippen molar-refractivity contribution in [3.63, 3.8) is 0 Å². The average molecular weight is 272 g/mol. The smallest absolute Gasteiger partial charge is 0.216 e. The molecule has 108 valence electrons. The van der Waals surface area contributed by atoms with Crippen LogP contribution in [0.5, 0.6) is 0 Å². The van der Waals surface area contributed by atoms with E-state index in [4.69, 9.17) is 0 Å². The standard InChI is InChI=1S/C17H24N2O/c1-14(20)18-10-13-19-11-8-17(9-12-19)7-6-15-4-2-3-5-16(15)17/h2-5H,6-13H2,1H3,(H,18,20).